The zero-order chi connectivity index (χ0) is 15.4. The topological polar surface area (TPSA) is 41.9 Å². The number of halogens is 1. The summed E-state index contributed by atoms with van der Waals surface area (Å²) in [7, 11) is 1.91. The number of rotatable bonds is 4. The van der Waals surface area contributed by atoms with E-state index in [9.17, 15) is 4.39 Å². The minimum atomic E-state index is -0.805. The quantitative estimate of drug-likeness (QED) is 0.628. The second kappa shape index (κ2) is 7.38. The summed E-state index contributed by atoms with van der Waals surface area (Å²) in [5.74, 6) is 1.82. The predicted octanol–water partition coefficient (Wildman–Crippen LogP) is 3.58. The maximum Gasteiger partial charge on any atom is 0.208 e. The summed E-state index contributed by atoms with van der Waals surface area (Å²) in [5, 5.41) is 8.88. The largest absolute Gasteiger partial charge is 0.351 e. The van der Waals surface area contributed by atoms with Crippen molar-refractivity contribution in [3.63, 3.8) is 0 Å². The Kier molecular flexibility index (Phi) is 5.79. The molecule has 1 aliphatic rings. The van der Waals surface area contributed by atoms with Crippen molar-refractivity contribution in [3.8, 4) is 0 Å². The second-order valence-electron chi connectivity index (χ2n) is 6.17. The first-order valence-corrected chi connectivity index (χ1v) is 8.86. The van der Waals surface area contributed by atoms with E-state index in [1.165, 1.54) is 11.8 Å². The van der Waals surface area contributed by atoms with Crippen LogP contribution in [0.2, 0.25) is 0 Å². The van der Waals surface area contributed by atoms with Gasteiger partial charge >= 0.3 is 0 Å². The molecule has 0 radical (unpaired) electrons. The van der Waals surface area contributed by atoms with Crippen molar-refractivity contribution >= 4 is 17.6 Å². The smallest absolute Gasteiger partial charge is 0.208 e. The van der Waals surface area contributed by atoms with Crippen molar-refractivity contribution in [3.05, 3.63) is 6.20 Å². The fourth-order valence-electron chi connectivity index (χ4n) is 3.03. The first kappa shape index (κ1) is 16.5. The van der Waals surface area contributed by atoms with E-state index in [1.807, 2.05) is 18.2 Å². The lowest BCUT2D eigenvalue weighted by Crippen LogP contribution is -2.41. The van der Waals surface area contributed by atoms with Gasteiger partial charge in [-0.3, -0.25) is 0 Å². The third kappa shape index (κ3) is 4.05. The van der Waals surface area contributed by atoms with Gasteiger partial charge in [-0.2, -0.15) is 0 Å². The molecule has 0 bridgehead atoms. The Bertz CT molecular complexity index is 440. The second-order valence-corrected chi connectivity index (χ2v) is 6.94. The van der Waals surface area contributed by atoms with Gasteiger partial charge in [0.2, 0.25) is 5.16 Å². The van der Waals surface area contributed by atoms with Gasteiger partial charge in [0, 0.05) is 7.05 Å². The van der Waals surface area contributed by atoms with E-state index >= 15 is 0 Å². The maximum atomic E-state index is 14.5. The Morgan fingerprint density at radius 2 is 2.10 bits per heavy atom. The van der Waals surface area contributed by atoms with Crippen molar-refractivity contribution in [2.24, 2.45) is 11.8 Å². The SMILES string of the molecule is CSc1ncc(N(C)C2C[C@@H](C(C)C)CCC[C@H]2F)nn1. The molecule has 2 rings (SSSR count). The molecule has 0 saturated heterocycles. The van der Waals surface area contributed by atoms with Crippen LogP contribution in [0.5, 0.6) is 0 Å². The number of anilines is 1. The summed E-state index contributed by atoms with van der Waals surface area (Å²) in [6.07, 6.45) is 6.42. The zero-order valence-electron chi connectivity index (χ0n) is 13.3. The molecule has 4 nitrogen and oxygen atoms in total. The van der Waals surface area contributed by atoms with Crippen LogP contribution in [0.25, 0.3) is 0 Å². The van der Waals surface area contributed by atoms with E-state index < -0.39 is 6.17 Å². The van der Waals surface area contributed by atoms with Gasteiger partial charge in [-0.1, -0.05) is 38.5 Å². The molecule has 0 spiro atoms. The lowest BCUT2D eigenvalue weighted by Gasteiger charge is -2.32. The first-order valence-electron chi connectivity index (χ1n) is 7.63. The summed E-state index contributed by atoms with van der Waals surface area (Å²) < 4.78 is 14.5. The van der Waals surface area contributed by atoms with E-state index in [4.69, 9.17) is 0 Å². The van der Waals surface area contributed by atoms with E-state index in [2.05, 4.69) is 29.0 Å². The van der Waals surface area contributed by atoms with Gasteiger partial charge < -0.3 is 4.90 Å². The Balaban J connectivity index is 2.15. The van der Waals surface area contributed by atoms with Gasteiger partial charge in [0.25, 0.3) is 0 Å². The molecule has 0 aliphatic heterocycles. The zero-order valence-corrected chi connectivity index (χ0v) is 14.1. The molecule has 1 aliphatic carbocycles. The minimum Gasteiger partial charge on any atom is -0.351 e. The van der Waals surface area contributed by atoms with Crippen LogP contribution in [0.4, 0.5) is 10.2 Å². The standard InChI is InChI=1S/C15H25FN4S/c1-10(2)11-6-5-7-12(16)13(8-11)20(3)14-9-17-15(21-4)19-18-14/h9-13H,5-8H2,1-4H3/t11-,12+,13?/m0/s1. The van der Waals surface area contributed by atoms with Crippen LogP contribution < -0.4 is 4.90 Å². The van der Waals surface area contributed by atoms with E-state index in [1.54, 1.807) is 6.20 Å². The van der Waals surface area contributed by atoms with Gasteiger partial charge in [-0.15, -0.1) is 10.2 Å². The Morgan fingerprint density at radius 3 is 2.67 bits per heavy atom. The fraction of sp³-hybridized carbons (Fsp3) is 0.800. The third-order valence-corrected chi connectivity index (χ3v) is 5.08. The van der Waals surface area contributed by atoms with Crippen LogP contribution in [0, 0.1) is 11.8 Å². The Morgan fingerprint density at radius 1 is 1.33 bits per heavy atom. The van der Waals surface area contributed by atoms with Gasteiger partial charge in [0.15, 0.2) is 5.82 Å². The number of thioether (sulfide) groups is 1. The Hall–Kier alpha value is -0.910. The molecule has 0 amide bonds. The molecule has 1 aromatic rings. The van der Waals surface area contributed by atoms with E-state index in [-0.39, 0.29) is 6.04 Å². The van der Waals surface area contributed by atoms with Crippen LogP contribution >= 0.6 is 11.8 Å². The molecule has 0 aromatic carbocycles. The van der Waals surface area contributed by atoms with Gasteiger partial charge in [0.05, 0.1) is 12.2 Å². The number of nitrogens with zero attached hydrogens (tertiary/aromatic N) is 4. The molecule has 21 heavy (non-hydrogen) atoms. The van der Waals surface area contributed by atoms with Crippen molar-refractivity contribution < 1.29 is 4.39 Å². The molecule has 118 valence electrons. The summed E-state index contributed by atoms with van der Waals surface area (Å²) >= 11 is 1.46. The lowest BCUT2D eigenvalue weighted by molar-refractivity contribution is 0.244. The van der Waals surface area contributed by atoms with Crippen molar-refractivity contribution in [2.45, 2.75) is 56.9 Å². The van der Waals surface area contributed by atoms with Crippen LogP contribution in [-0.2, 0) is 0 Å². The van der Waals surface area contributed by atoms with Crippen LogP contribution in [0.15, 0.2) is 11.4 Å². The highest BCUT2D eigenvalue weighted by Crippen LogP contribution is 2.33. The molecule has 3 atom stereocenters. The van der Waals surface area contributed by atoms with Crippen molar-refractivity contribution in [2.75, 3.05) is 18.2 Å². The van der Waals surface area contributed by atoms with Gasteiger partial charge in [-0.25, -0.2) is 9.37 Å². The van der Waals surface area contributed by atoms with Crippen molar-refractivity contribution in [1.29, 1.82) is 0 Å². The Labute approximate surface area is 130 Å². The highest BCUT2D eigenvalue weighted by molar-refractivity contribution is 7.98. The first-order chi connectivity index (χ1) is 10.0. The average molecular weight is 312 g/mol. The number of aromatic nitrogens is 3. The summed E-state index contributed by atoms with van der Waals surface area (Å²) in [6.45, 7) is 4.46. The van der Waals surface area contributed by atoms with Crippen LogP contribution in [0.3, 0.4) is 0 Å². The summed E-state index contributed by atoms with van der Waals surface area (Å²) in [5.41, 5.74) is 0. The summed E-state index contributed by atoms with van der Waals surface area (Å²) in [4.78, 5) is 6.17. The fourth-order valence-corrected chi connectivity index (χ4v) is 3.31. The molecule has 6 heteroatoms. The lowest BCUT2D eigenvalue weighted by atomic mass is 9.87. The summed E-state index contributed by atoms with van der Waals surface area (Å²) in [6, 6.07) is -0.129. The number of hydrogen-bond donors (Lipinski definition) is 0. The normalized spacial score (nSPS) is 26.7. The molecular formula is C15H25FN4S. The van der Waals surface area contributed by atoms with E-state index in [0.717, 1.165) is 19.3 Å². The van der Waals surface area contributed by atoms with Crippen LogP contribution in [-0.4, -0.2) is 40.7 Å². The van der Waals surface area contributed by atoms with Gasteiger partial charge in [0.1, 0.15) is 6.17 Å². The highest BCUT2D eigenvalue weighted by atomic mass is 32.2. The molecular weight excluding hydrogens is 287 g/mol. The molecule has 1 saturated carbocycles. The molecule has 1 fully saturated rings. The number of alkyl halides is 1. The monoisotopic (exact) mass is 312 g/mol. The molecule has 1 aromatic heterocycles. The maximum absolute atomic E-state index is 14.5. The molecule has 0 N–H and O–H groups in total. The highest BCUT2D eigenvalue weighted by Gasteiger charge is 2.33. The van der Waals surface area contributed by atoms with Crippen molar-refractivity contribution in [1.82, 2.24) is 15.2 Å². The average Bonchev–Trinajstić information content (AvgIpc) is 2.68. The predicted molar refractivity (Wildman–Crippen MR) is 85.5 cm³/mol. The third-order valence-electron chi connectivity index (χ3n) is 4.53. The minimum absolute atomic E-state index is 0.129. The van der Waals surface area contributed by atoms with Gasteiger partial charge in [-0.05, 0) is 30.9 Å². The molecule has 1 heterocycles. The number of hydrogen-bond acceptors (Lipinski definition) is 5. The molecule has 1 unspecified atom stereocenters. The van der Waals surface area contributed by atoms with E-state index in [0.29, 0.717) is 29.2 Å². The van der Waals surface area contributed by atoms with Crippen LogP contribution in [0.1, 0.15) is 39.5 Å².